The fourth-order valence-electron chi connectivity index (χ4n) is 1.69. The molecule has 0 saturated heterocycles. The number of aldehydes is 1. The molecule has 1 aromatic heterocycles. The van der Waals surface area contributed by atoms with E-state index >= 15 is 0 Å². The van der Waals surface area contributed by atoms with E-state index in [0.717, 1.165) is 5.56 Å². The van der Waals surface area contributed by atoms with Crippen molar-refractivity contribution in [1.29, 1.82) is 0 Å². The van der Waals surface area contributed by atoms with E-state index in [-0.39, 0.29) is 17.5 Å². The molecule has 3 heteroatoms. The van der Waals surface area contributed by atoms with Gasteiger partial charge in [-0.2, -0.15) is 0 Å². The van der Waals surface area contributed by atoms with Gasteiger partial charge in [0.25, 0.3) is 0 Å². The van der Waals surface area contributed by atoms with Crippen LogP contribution in [0.25, 0.3) is 0 Å². The standard InChI is InChI=1S/C14H12O3/c1-10(11-5-3-2-4-6-11)14(16)12-7-13(8-15)17-9-12/h2-10H,1H3. The van der Waals surface area contributed by atoms with Crippen molar-refractivity contribution in [1.82, 2.24) is 0 Å². The van der Waals surface area contributed by atoms with Gasteiger partial charge in [0.05, 0.1) is 5.56 Å². The molecule has 0 aliphatic heterocycles. The van der Waals surface area contributed by atoms with E-state index in [4.69, 9.17) is 4.42 Å². The van der Waals surface area contributed by atoms with E-state index < -0.39 is 0 Å². The highest BCUT2D eigenvalue weighted by Gasteiger charge is 2.18. The molecule has 0 fully saturated rings. The van der Waals surface area contributed by atoms with Crippen molar-refractivity contribution in [3.05, 3.63) is 59.5 Å². The zero-order valence-electron chi connectivity index (χ0n) is 9.42. The molecule has 0 spiro atoms. The summed E-state index contributed by atoms with van der Waals surface area (Å²) in [5.74, 6) is -0.116. The predicted molar refractivity (Wildman–Crippen MR) is 63.3 cm³/mol. The molecule has 0 bridgehead atoms. The minimum absolute atomic E-state index is 0.0481. The summed E-state index contributed by atoms with van der Waals surface area (Å²) in [6.45, 7) is 1.84. The Bertz CT molecular complexity index is 525. The summed E-state index contributed by atoms with van der Waals surface area (Å²) in [5.41, 5.74) is 1.38. The van der Waals surface area contributed by atoms with Gasteiger partial charge in [0.15, 0.2) is 17.8 Å². The number of rotatable bonds is 4. The minimum atomic E-state index is -0.242. The van der Waals surface area contributed by atoms with E-state index in [1.807, 2.05) is 37.3 Å². The summed E-state index contributed by atoms with van der Waals surface area (Å²) >= 11 is 0. The molecule has 2 rings (SSSR count). The van der Waals surface area contributed by atoms with Crippen molar-refractivity contribution in [3.8, 4) is 0 Å². The number of hydrogen-bond acceptors (Lipinski definition) is 3. The fraction of sp³-hybridized carbons (Fsp3) is 0.143. The molecule has 1 heterocycles. The second kappa shape index (κ2) is 4.78. The number of Topliss-reactive ketones (excluding diaryl/α,β-unsaturated/α-hetero) is 1. The largest absolute Gasteiger partial charge is 0.461 e. The van der Waals surface area contributed by atoms with Crippen LogP contribution in [-0.4, -0.2) is 12.1 Å². The lowest BCUT2D eigenvalue weighted by Crippen LogP contribution is -2.08. The summed E-state index contributed by atoms with van der Waals surface area (Å²) in [5, 5.41) is 0. The number of ketones is 1. The van der Waals surface area contributed by atoms with E-state index in [1.165, 1.54) is 12.3 Å². The smallest absolute Gasteiger partial charge is 0.185 e. The minimum Gasteiger partial charge on any atom is -0.461 e. The van der Waals surface area contributed by atoms with Gasteiger partial charge in [0, 0.05) is 5.92 Å². The first-order valence-electron chi connectivity index (χ1n) is 5.35. The third-order valence-corrected chi connectivity index (χ3v) is 2.71. The SMILES string of the molecule is CC(C(=O)c1coc(C=O)c1)c1ccccc1. The van der Waals surface area contributed by atoms with Crippen LogP contribution in [0.1, 0.15) is 39.3 Å². The van der Waals surface area contributed by atoms with Crippen LogP contribution < -0.4 is 0 Å². The zero-order valence-corrected chi connectivity index (χ0v) is 9.42. The van der Waals surface area contributed by atoms with Crippen LogP contribution in [0, 0.1) is 0 Å². The summed E-state index contributed by atoms with van der Waals surface area (Å²) in [6, 6.07) is 11.0. The van der Waals surface area contributed by atoms with Crippen molar-refractivity contribution >= 4 is 12.1 Å². The fourth-order valence-corrected chi connectivity index (χ4v) is 1.69. The van der Waals surface area contributed by atoms with Crippen molar-refractivity contribution in [2.75, 3.05) is 0 Å². The van der Waals surface area contributed by atoms with E-state index in [2.05, 4.69) is 0 Å². The molecule has 17 heavy (non-hydrogen) atoms. The summed E-state index contributed by atoms with van der Waals surface area (Å²) in [6.07, 6.45) is 1.91. The molecule has 1 aromatic carbocycles. The van der Waals surface area contributed by atoms with Crippen LogP contribution in [-0.2, 0) is 0 Å². The summed E-state index contributed by atoms with van der Waals surface area (Å²) < 4.78 is 4.93. The third kappa shape index (κ3) is 2.33. The number of benzene rings is 1. The molecular formula is C14H12O3. The first kappa shape index (κ1) is 11.3. The van der Waals surface area contributed by atoms with Crippen LogP contribution in [0.5, 0.6) is 0 Å². The molecule has 1 atom stereocenters. The average molecular weight is 228 g/mol. The Labute approximate surface area is 99.1 Å². The van der Waals surface area contributed by atoms with Crippen molar-refractivity contribution in [2.24, 2.45) is 0 Å². The molecule has 1 unspecified atom stereocenters. The molecule has 0 N–H and O–H groups in total. The van der Waals surface area contributed by atoms with Crippen LogP contribution in [0.4, 0.5) is 0 Å². The highest BCUT2D eigenvalue weighted by molar-refractivity contribution is 6.01. The molecule has 0 saturated carbocycles. The number of hydrogen-bond donors (Lipinski definition) is 0. The number of carbonyl (C=O) groups excluding carboxylic acids is 2. The predicted octanol–water partition coefficient (Wildman–Crippen LogP) is 3.08. The van der Waals surface area contributed by atoms with Gasteiger partial charge in [0.1, 0.15) is 6.26 Å². The lowest BCUT2D eigenvalue weighted by Gasteiger charge is -2.08. The van der Waals surface area contributed by atoms with Crippen molar-refractivity contribution in [3.63, 3.8) is 0 Å². The van der Waals surface area contributed by atoms with Gasteiger partial charge in [-0.25, -0.2) is 0 Å². The lowest BCUT2D eigenvalue weighted by molar-refractivity contribution is 0.0965. The van der Waals surface area contributed by atoms with E-state index in [1.54, 1.807) is 0 Å². The Morgan fingerprint density at radius 3 is 2.59 bits per heavy atom. The van der Waals surface area contributed by atoms with E-state index in [0.29, 0.717) is 11.8 Å². The second-order valence-corrected chi connectivity index (χ2v) is 3.85. The second-order valence-electron chi connectivity index (χ2n) is 3.85. The lowest BCUT2D eigenvalue weighted by atomic mass is 9.93. The van der Waals surface area contributed by atoms with Gasteiger partial charge < -0.3 is 4.42 Å². The number of furan rings is 1. The van der Waals surface area contributed by atoms with Crippen LogP contribution >= 0.6 is 0 Å². The van der Waals surface area contributed by atoms with Crippen molar-refractivity contribution in [2.45, 2.75) is 12.8 Å². The topological polar surface area (TPSA) is 47.3 Å². The van der Waals surface area contributed by atoms with Crippen LogP contribution in [0.3, 0.4) is 0 Å². The van der Waals surface area contributed by atoms with Gasteiger partial charge in [-0.05, 0) is 11.6 Å². The maximum absolute atomic E-state index is 12.1. The van der Waals surface area contributed by atoms with Gasteiger partial charge >= 0.3 is 0 Å². The zero-order chi connectivity index (χ0) is 12.3. The highest BCUT2D eigenvalue weighted by Crippen LogP contribution is 2.21. The summed E-state index contributed by atoms with van der Waals surface area (Å²) in [7, 11) is 0. The summed E-state index contributed by atoms with van der Waals surface area (Å²) in [4.78, 5) is 22.6. The first-order chi connectivity index (χ1) is 8.22. The quantitative estimate of drug-likeness (QED) is 0.596. The maximum atomic E-state index is 12.1. The van der Waals surface area contributed by atoms with Crippen LogP contribution in [0.15, 0.2) is 47.1 Å². The first-order valence-corrected chi connectivity index (χ1v) is 5.35. The van der Waals surface area contributed by atoms with E-state index in [9.17, 15) is 9.59 Å². The van der Waals surface area contributed by atoms with Gasteiger partial charge in [-0.3, -0.25) is 9.59 Å². The highest BCUT2D eigenvalue weighted by atomic mass is 16.3. The Hall–Kier alpha value is -2.16. The third-order valence-electron chi connectivity index (χ3n) is 2.71. The molecule has 0 aliphatic carbocycles. The van der Waals surface area contributed by atoms with Crippen molar-refractivity contribution < 1.29 is 14.0 Å². The van der Waals surface area contributed by atoms with Gasteiger partial charge in [0.2, 0.25) is 0 Å². The van der Waals surface area contributed by atoms with Gasteiger partial charge in [-0.15, -0.1) is 0 Å². The Kier molecular flexibility index (Phi) is 3.19. The average Bonchev–Trinajstić information content (AvgIpc) is 2.87. The monoisotopic (exact) mass is 228 g/mol. The Balaban J connectivity index is 2.23. The molecule has 86 valence electrons. The maximum Gasteiger partial charge on any atom is 0.185 e. The molecule has 0 radical (unpaired) electrons. The van der Waals surface area contributed by atoms with Crippen LogP contribution in [0.2, 0.25) is 0 Å². The normalized spacial score (nSPS) is 12.1. The Morgan fingerprint density at radius 2 is 2.00 bits per heavy atom. The molecular weight excluding hydrogens is 216 g/mol. The number of carbonyl (C=O) groups is 2. The Morgan fingerprint density at radius 1 is 1.29 bits per heavy atom. The molecule has 0 amide bonds. The van der Waals surface area contributed by atoms with Gasteiger partial charge in [-0.1, -0.05) is 37.3 Å². The molecule has 0 aliphatic rings. The molecule has 2 aromatic rings. The molecule has 3 nitrogen and oxygen atoms in total.